The Hall–Kier alpha value is -3.49. The number of nitrogens with zero attached hydrogens (tertiary/aromatic N) is 1. The molecule has 3 aromatic carbocycles. The number of hydrogen-bond donors (Lipinski definition) is 1. The summed E-state index contributed by atoms with van der Waals surface area (Å²) in [6.07, 6.45) is 1.48. The maximum atomic E-state index is 13.5. The third-order valence-corrected chi connectivity index (χ3v) is 7.03. The molecule has 0 aromatic heterocycles. The van der Waals surface area contributed by atoms with Crippen LogP contribution in [0.25, 0.3) is 0 Å². The number of carbonyl (C=O) groups is 1. The number of ether oxygens (including phenoxy) is 2. The molecule has 0 fully saturated rings. The van der Waals surface area contributed by atoms with Gasteiger partial charge in [-0.15, -0.1) is 6.58 Å². The van der Waals surface area contributed by atoms with Crippen molar-refractivity contribution in [2.75, 3.05) is 30.4 Å². The number of methoxy groups -OCH3 is 2. The van der Waals surface area contributed by atoms with E-state index < -0.39 is 15.9 Å². The summed E-state index contributed by atoms with van der Waals surface area (Å²) in [4.78, 5) is 12.7. The van der Waals surface area contributed by atoms with Crippen LogP contribution < -0.4 is 19.1 Å². The van der Waals surface area contributed by atoms with E-state index >= 15 is 0 Å². The second-order valence-corrected chi connectivity index (χ2v) is 9.06. The highest BCUT2D eigenvalue weighted by Gasteiger charge is 2.27. The fourth-order valence-electron chi connectivity index (χ4n) is 3.11. The van der Waals surface area contributed by atoms with Crippen LogP contribution in [0.1, 0.15) is 10.4 Å². The summed E-state index contributed by atoms with van der Waals surface area (Å²) in [5.41, 5.74) is 0.967. The minimum Gasteiger partial charge on any atom is -0.497 e. The number of sulfonamides is 1. The lowest BCUT2D eigenvalue weighted by Gasteiger charge is -2.24. The van der Waals surface area contributed by atoms with E-state index in [0.29, 0.717) is 22.9 Å². The van der Waals surface area contributed by atoms with Gasteiger partial charge < -0.3 is 14.8 Å². The lowest BCUT2D eigenvalue weighted by Crippen LogP contribution is -2.31. The number of para-hydroxylation sites is 1. The van der Waals surface area contributed by atoms with E-state index in [1.165, 1.54) is 42.8 Å². The normalized spacial score (nSPS) is 10.9. The number of benzene rings is 3. The maximum absolute atomic E-state index is 13.5. The first-order chi connectivity index (χ1) is 15.8. The standard InChI is InChI=1S/C24H23ClN2O5S/c1-4-14-27(18-8-6-5-7-9-18)33(29,30)23-15-17(10-12-20(23)25)24(28)26-21-13-11-19(31-2)16-22(21)32-3/h4-13,15-16H,1,14H2,2-3H3,(H,26,28). The summed E-state index contributed by atoms with van der Waals surface area (Å²) in [6.45, 7) is 3.68. The zero-order chi connectivity index (χ0) is 24.0. The van der Waals surface area contributed by atoms with Gasteiger partial charge in [0.05, 0.1) is 37.2 Å². The van der Waals surface area contributed by atoms with Crippen LogP contribution in [0.5, 0.6) is 11.5 Å². The first-order valence-electron chi connectivity index (χ1n) is 9.83. The van der Waals surface area contributed by atoms with Crippen molar-refractivity contribution in [2.45, 2.75) is 4.90 Å². The van der Waals surface area contributed by atoms with Crippen molar-refractivity contribution in [3.05, 3.63) is 90.0 Å². The van der Waals surface area contributed by atoms with Crippen molar-refractivity contribution in [2.24, 2.45) is 0 Å². The molecule has 0 radical (unpaired) electrons. The number of anilines is 2. The van der Waals surface area contributed by atoms with E-state index in [4.69, 9.17) is 21.1 Å². The summed E-state index contributed by atoms with van der Waals surface area (Å²) < 4.78 is 38.6. The molecule has 0 aliphatic heterocycles. The molecule has 0 saturated heterocycles. The smallest absolute Gasteiger partial charge is 0.266 e. The van der Waals surface area contributed by atoms with E-state index in [1.807, 2.05) is 0 Å². The van der Waals surface area contributed by atoms with Crippen LogP contribution in [0.3, 0.4) is 0 Å². The number of nitrogens with one attached hydrogen (secondary N) is 1. The summed E-state index contributed by atoms with van der Waals surface area (Å²) in [7, 11) is -1.10. The Morgan fingerprint density at radius 3 is 2.42 bits per heavy atom. The molecule has 0 aliphatic carbocycles. The van der Waals surface area contributed by atoms with E-state index in [1.54, 1.807) is 48.5 Å². The van der Waals surface area contributed by atoms with Gasteiger partial charge in [0.15, 0.2) is 0 Å². The lowest BCUT2D eigenvalue weighted by molar-refractivity contribution is 0.102. The quantitative estimate of drug-likeness (QED) is 0.431. The lowest BCUT2D eigenvalue weighted by atomic mass is 10.2. The number of carbonyl (C=O) groups excluding carboxylic acids is 1. The van der Waals surface area contributed by atoms with Gasteiger partial charge in [-0.1, -0.05) is 35.9 Å². The average molecular weight is 487 g/mol. The Labute approximate surface area is 198 Å². The number of hydrogen-bond acceptors (Lipinski definition) is 5. The molecule has 3 rings (SSSR count). The van der Waals surface area contributed by atoms with Gasteiger partial charge >= 0.3 is 0 Å². The average Bonchev–Trinajstić information content (AvgIpc) is 2.83. The van der Waals surface area contributed by atoms with Crippen molar-refractivity contribution >= 4 is 38.9 Å². The minimum absolute atomic E-state index is 0.00132. The van der Waals surface area contributed by atoms with Gasteiger partial charge in [0, 0.05) is 11.6 Å². The van der Waals surface area contributed by atoms with Gasteiger partial charge in [-0.3, -0.25) is 9.10 Å². The van der Waals surface area contributed by atoms with Crippen LogP contribution in [0.2, 0.25) is 5.02 Å². The van der Waals surface area contributed by atoms with Gasteiger partial charge in [-0.25, -0.2) is 8.42 Å². The monoisotopic (exact) mass is 486 g/mol. The molecule has 33 heavy (non-hydrogen) atoms. The second kappa shape index (κ2) is 10.4. The summed E-state index contributed by atoms with van der Waals surface area (Å²) in [6, 6.07) is 17.6. The van der Waals surface area contributed by atoms with Crippen LogP contribution in [0.4, 0.5) is 11.4 Å². The number of halogens is 1. The van der Waals surface area contributed by atoms with E-state index in [-0.39, 0.29) is 22.0 Å². The number of amides is 1. The Bertz CT molecular complexity index is 1260. The SMILES string of the molecule is C=CCN(c1ccccc1)S(=O)(=O)c1cc(C(=O)Nc2ccc(OC)cc2OC)ccc1Cl. The maximum Gasteiger partial charge on any atom is 0.266 e. The molecular weight excluding hydrogens is 464 g/mol. The van der Waals surface area contributed by atoms with Gasteiger partial charge in [0.2, 0.25) is 0 Å². The molecule has 7 nitrogen and oxygen atoms in total. The molecule has 0 atom stereocenters. The van der Waals surface area contributed by atoms with Crippen LogP contribution in [-0.4, -0.2) is 35.1 Å². The molecule has 0 spiro atoms. The second-order valence-electron chi connectivity index (χ2n) is 6.83. The molecule has 0 aliphatic rings. The Balaban J connectivity index is 1.98. The minimum atomic E-state index is -4.09. The third-order valence-electron chi connectivity index (χ3n) is 4.76. The fourth-order valence-corrected chi connectivity index (χ4v) is 5.05. The highest BCUT2D eigenvalue weighted by atomic mass is 35.5. The highest BCUT2D eigenvalue weighted by molar-refractivity contribution is 7.93. The molecule has 0 heterocycles. The first kappa shape index (κ1) is 24.2. The van der Waals surface area contributed by atoms with E-state index in [0.717, 1.165) is 0 Å². The predicted molar refractivity (Wildman–Crippen MR) is 130 cm³/mol. The van der Waals surface area contributed by atoms with Gasteiger partial charge in [-0.05, 0) is 42.5 Å². The molecule has 9 heteroatoms. The Morgan fingerprint density at radius 2 is 1.79 bits per heavy atom. The summed E-state index contributed by atoms with van der Waals surface area (Å²) in [5.74, 6) is 0.431. The van der Waals surface area contributed by atoms with Crippen molar-refractivity contribution < 1.29 is 22.7 Å². The zero-order valence-electron chi connectivity index (χ0n) is 18.1. The van der Waals surface area contributed by atoms with E-state index in [9.17, 15) is 13.2 Å². The Kier molecular flexibility index (Phi) is 7.63. The molecule has 0 bridgehead atoms. The Morgan fingerprint density at radius 1 is 1.06 bits per heavy atom. The number of rotatable bonds is 9. The molecular formula is C24H23ClN2O5S. The largest absolute Gasteiger partial charge is 0.497 e. The van der Waals surface area contributed by atoms with Crippen LogP contribution in [0.15, 0.2) is 84.3 Å². The molecule has 0 unspecified atom stereocenters. The van der Waals surface area contributed by atoms with Gasteiger partial charge in [-0.2, -0.15) is 0 Å². The summed E-state index contributed by atoms with van der Waals surface area (Å²) >= 11 is 6.26. The molecule has 172 valence electrons. The van der Waals surface area contributed by atoms with Gasteiger partial charge in [0.25, 0.3) is 15.9 Å². The molecule has 1 amide bonds. The van der Waals surface area contributed by atoms with Crippen molar-refractivity contribution in [1.29, 1.82) is 0 Å². The third kappa shape index (κ3) is 5.30. The first-order valence-corrected chi connectivity index (χ1v) is 11.6. The van der Waals surface area contributed by atoms with Gasteiger partial charge in [0.1, 0.15) is 16.4 Å². The summed E-state index contributed by atoms with van der Waals surface area (Å²) in [5, 5.41) is 2.72. The van der Waals surface area contributed by atoms with Crippen LogP contribution in [0, 0.1) is 0 Å². The van der Waals surface area contributed by atoms with Crippen LogP contribution in [-0.2, 0) is 10.0 Å². The van der Waals surface area contributed by atoms with Crippen molar-refractivity contribution in [3.63, 3.8) is 0 Å². The highest BCUT2D eigenvalue weighted by Crippen LogP contribution is 2.31. The van der Waals surface area contributed by atoms with Crippen LogP contribution >= 0.6 is 11.6 Å². The predicted octanol–water partition coefficient (Wildman–Crippen LogP) is 4.99. The van der Waals surface area contributed by atoms with Crippen molar-refractivity contribution in [1.82, 2.24) is 0 Å². The molecule has 0 saturated carbocycles. The fraction of sp³-hybridized carbons (Fsp3) is 0.125. The zero-order valence-corrected chi connectivity index (χ0v) is 19.7. The topological polar surface area (TPSA) is 84.9 Å². The van der Waals surface area contributed by atoms with E-state index in [2.05, 4.69) is 11.9 Å². The molecule has 1 N–H and O–H groups in total. The molecule has 3 aromatic rings. The van der Waals surface area contributed by atoms with Crippen molar-refractivity contribution in [3.8, 4) is 11.5 Å².